The molecule has 1 atom stereocenters. The Bertz CT molecular complexity index is 250. The molecule has 1 heterocycles. The first-order valence-electron chi connectivity index (χ1n) is 5.15. The second-order valence-electron chi connectivity index (χ2n) is 3.87. The molecule has 5 N–H and O–H groups in total. The van der Waals surface area contributed by atoms with Crippen molar-refractivity contribution in [3.05, 3.63) is 0 Å². The molecule has 3 amide bonds. The first-order chi connectivity index (χ1) is 7.08. The number of amides is 3. The average Bonchev–Trinajstić information content (AvgIpc) is 2.14. The molecule has 0 saturated carbocycles. The highest BCUT2D eigenvalue weighted by molar-refractivity contribution is 5.93. The highest BCUT2D eigenvalue weighted by Crippen LogP contribution is 2.07. The molecule has 0 aromatic heterocycles. The zero-order chi connectivity index (χ0) is 11.3. The van der Waals surface area contributed by atoms with E-state index in [2.05, 4.69) is 4.90 Å². The number of carbonyl (C=O) groups is 2. The number of nitrogens with zero attached hydrogens (tertiary/aromatic N) is 1. The van der Waals surface area contributed by atoms with Crippen LogP contribution in [0, 0.1) is 0 Å². The highest BCUT2D eigenvalue weighted by atomic mass is 35.5. The Morgan fingerprint density at radius 3 is 2.69 bits per heavy atom. The minimum atomic E-state index is -0.796. The molecule has 0 aliphatic carbocycles. The summed E-state index contributed by atoms with van der Waals surface area (Å²) in [5, 5.41) is 2.04. The van der Waals surface area contributed by atoms with E-state index in [9.17, 15) is 9.59 Å². The molecule has 1 aliphatic rings. The van der Waals surface area contributed by atoms with Crippen LogP contribution in [0.25, 0.3) is 0 Å². The molecule has 1 aliphatic heterocycles. The Morgan fingerprint density at radius 2 is 2.12 bits per heavy atom. The van der Waals surface area contributed by atoms with Crippen LogP contribution in [0.15, 0.2) is 0 Å². The topological polar surface area (TPSA) is 101 Å². The maximum atomic E-state index is 11.1. The molecule has 1 saturated heterocycles. The van der Waals surface area contributed by atoms with Crippen LogP contribution in [-0.4, -0.2) is 42.5 Å². The summed E-state index contributed by atoms with van der Waals surface area (Å²) in [4.78, 5) is 23.6. The van der Waals surface area contributed by atoms with Crippen molar-refractivity contribution in [2.24, 2.45) is 11.5 Å². The van der Waals surface area contributed by atoms with Crippen molar-refractivity contribution in [2.75, 3.05) is 19.6 Å². The minimum Gasteiger partial charge on any atom is -0.351 e. The molecule has 0 spiro atoms. The fraction of sp³-hybridized carbons (Fsp3) is 0.778. The second kappa shape index (κ2) is 7.43. The van der Waals surface area contributed by atoms with Crippen molar-refractivity contribution < 1.29 is 9.59 Å². The van der Waals surface area contributed by atoms with Gasteiger partial charge in [0.25, 0.3) is 0 Å². The van der Waals surface area contributed by atoms with Crippen molar-refractivity contribution in [3.63, 3.8) is 0 Å². The molecule has 0 aromatic rings. The van der Waals surface area contributed by atoms with Crippen LogP contribution < -0.4 is 16.8 Å². The SMILES string of the molecule is Cl.NC(=O)NC(=O)CCN1CCC[C@@H](N)C1. The summed E-state index contributed by atoms with van der Waals surface area (Å²) in [6.45, 7) is 2.42. The molecular formula is C9H19ClN4O2. The van der Waals surface area contributed by atoms with E-state index in [1.54, 1.807) is 0 Å². The normalized spacial score (nSPS) is 20.9. The van der Waals surface area contributed by atoms with Gasteiger partial charge in [-0.3, -0.25) is 10.1 Å². The number of nitrogens with two attached hydrogens (primary N) is 2. The van der Waals surface area contributed by atoms with Crippen molar-refractivity contribution in [2.45, 2.75) is 25.3 Å². The highest BCUT2D eigenvalue weighted by Gasteiger charge is 2.17. The van der Waals surface area contributed by atoms with E-state index in [1.807, 2.05) is 5.32 Å². The number of carbonyl (C=O) groups excluding carboxylic acids is 2. The summed E-state index contributed by atoms with van der Waals surface area (Å²) in [7, 11) is 0. The largest absolute Gasteiger partial charge is 0.351 e. The Balaban J connectivity index is 0.00000225. The number of primary amides is 1. The van der Waals surface area contributed by atoms with Crippen molar-refractivity contribution >= 4 is 24.3 Å². The van der Waals surface area contributed by atoms with E-state index in [0.717, 1.165) is 25.9 Å². The van der Waals surface area contributed by atoms with Crippen molar-refractivity contribution in [3.8, 4) is 0 Å². The van der Waals surface area contributed by atoms with Gasteiger partial charge in [0.2, 0.25) is 5.91 Å². The lowest BCUT2D eigenvalue weighted by molar-refractivity contribution is -0.120. The predicted molar refractivity (Wildman–Crippen MR) is 63.2 cm³/mol. The van der Waals surface area contributed by atoms with Gasteiger partial charge in [-0.05, 0) is 19.4 Å². The molecule has 0 bridgehead atoms. The number of hydrogen-bond donors (Lipinski definition) is 3. The van der Waals surface area contributed by atoms with Gasteiger partial charge in [0.05, 0.1) is 0 Å². The third-order valence-corrected chi connectivity index (χ3v) is 2.46. The summed E-state index contributed by atoms with van der Waals surface area (Å²) >= 11 is 0. The third-order valence-electron chi connectivity index (χ3n) is 2.46. The summed E-state index contributed by atoms with van der Waals surface area (Å²) in [6.07, 6.45) is 2.40. The number of hydrogen-bond acceptors (Lipinski definition) is 4. The van der Waals surface area contributed by atoms with Crippen molar-refractivity contribution in [1.29, 1.82) is 0 Å². The number of halogens is 1. The van der Waals surface area contributed by atoms with E-state index >= 15 is 0 Å². The Labute approximate surface area is 101 Å². The van der Waals surface area contributed by atoms with Crippen LogP contribution in [0.3, 0.4) is 0 Å². The van der Waals surface area contributed by atoms with Crippen LogP contribution in [-0.2, 0) is 4.79 Å². The van der Waals surface area contributed by atoms with Gasteiger partial charge in [0.15, 0.2) is 0 Å². The van der Waals surface area contributed by atoms with Crippen LogP contribution in [0.2, 0.25) is 0 Å². The Morgan fingerprint density at radius 1 is 1.44 bits per heavy atom. The fourth-order valence-corrected chi connectivity index (χ4v) is 1.75. The maximum absolute atomic E-state index is 11.1. The van der Waals surface area contributed by atoms with Gasteiger partial charge >= 0.3 is 6.03 Å². The van der Waals surface area contributed by atoms with Crippen LogP contribution >= 0.6 is 12.4 Å². The lowest BCUT2D eigenvalue weighted by Crippen LogP contribution is -2.44. The molecule has 16 heavy (non-hydrogen) atoms. The number of imide groups is 1. The lowest BCUT2D eigenvalue weighted by Gasteiger charge is -2.30. The minimum absolute atomic E-state index is 0. The lowest BCUT2D eigenvalue weighted by atomic mass is 10.1. The summed E-state index contributed by atoms with van der Waals surface area (Å²) in [6, 6.07) is -0.590. The first-order valence-corrected chi connectivity index (χ1v) is 5.15. The van der Waals surface area contributed by atoms with Crippen molar-refractivity contribution in [1.82, 2.24) is 10.2 Å². The zero-order valence-corrected chi connectivity index (χ0v) is 9.96. The molecule has 1 rings (SSSR count). The average molecular weight is 251 g/mol. The third kappa shape index (κ3) is 5.89. The van der Waals surface area contributed by atoms with E-state index in [-0.39, 0.29) is 30.8 Å². The van der Waals surface area contributed by atoms with E-state index in [4.69, 9.17) is 11.5 Å². The molecular weight excluding hydrogens is 232 g/mol. The number of piperidine rings is 1. The zero-order valence-electron chi connectivity index (χ0n) is 9.15. The molecule has 94 valence electrons. The van der Waals surface area contributed by atoms with E-state index in [1.165, 1.54) is 0 Å². The quantitative estimate of drug-likeness (QED) is 0.624. The Kier molecular flexibility index (Phi) is 7.03. The summed E-state index contributed by atoms with van der Waals surface area (Å²) < 4.78 is 0. The molecule has 0 aromatic carbocycles. The molecule has 1 fully saturated rings. The second-order valence-corrected chi connectivity index (χ2v) is 3.87. The first kappa shape index (κ1) is 15.2. The smallest absolute Gasteiger partial charge is 0.318 e. The van der Waals surface area contributed by atoms with Gasteiger partial charge < -0.3 is 16.4 Å². The monoisotopic (exact) mass is 250 g/mol. The number of likely N-dealkylation sites (tertiary alicyclic amines) is 1. The maximum Gasteiger partial charge on any atom is 0.318 e. The predicted octanol–water partition coefficient (Wildman–Crippen LogP) is -0.584. The van der Waals surface area contributed by atoms with Crippen LogP contribution in [0.4, 0.5) is 4.79 Å². The van der Waals surface area contributed by atoms with Gasteiger partial charge in [0, 0.05) is 25.6 Å². The van der Waals surface area contributed by atoms with E-state index in [0.29, 0.717) is 6.54 Å². The van der Waals surface area contributed by atoms with E-state index < -0.39 is 6.03 Å². The van der Waals surface area contributed by atoms with Gasteiger partial charge in [-0.25, -0.2) is 4.79 Å². The summed E-state index contributed by atoms with van der Waals surface area (Å²) in [5.74, 6) is -0.332. The van der Waals surface area contributed by atoms with Gasteiger partial charge in [-0.15, -0.1) is 12.4 Å². The summed E-state index contributed by atoms with van der Waals surface area (Å²) in [5.41, 5.74) is 10.6. The standard InChI is InChI=1S/C9H18N4O2.ClH/c10-7-2-1-4-13(6-7)5-3-8(14)12-9(11)15;/h7H,1-6,10H2,(H3,11,12,14,15);1H/t7-;/m1./s1. The number of urea groups is 1. The van der Waals surface area contributed by atoms with Gasteiger partial charge in [-0.2, -0.15) is 0 Å². The van der Waals surface area contributed by atoms with Crippen LogP contribution in [0.5, 0.6) is 0 Å². The molecule has 0 unspecified atom stereocenters. The number of nitrogens with one attached hydrogen (secondary N) is 1. The van der Waals surface area contributed by atoms with Crippen LogP contribution in [0.1, 0.15) is 19.3 Å². The fourth-order valence-electron chi connectivity index (χ4n) is 1.75. The molecule has 6 nitrogen and oxygen atoms in total. The molecule has 7 heteroatoms. The number of rotatable bonds is 3. The Hall–Kier alpha value is -0.850. The van der Waals surface area contributed by atoms with Gasteiger partial charge in [-0.1, -0.05) is 0 Å². The molecule has 0 radical (unpaired) electrons. The van der Waals surface area contributed by atoms with Gasteiger partial charge in [0.1, 0.15) is 0 Å².